The fourth-order valence-electron chi connectivity index (χ4n) is 2.06. The molecule has 0 bridgehead atoms. The Morgan fingerprint density at radius 3 is 2.50 bits per heavy atom. The highest BCUT2D eigenvalue weighted by molar-refractivity contribution is 5.95. The van der Waals surface area contributed by atoms with Gasteiger partial charge in [-0.15, -0.1) is 0 Å². The van der Waals surface area contributed by atoms with Crippen LogP contribution in [-0.2, 0) is 11.0 Å². The fraction of sp³-hybridized carbons (Fsp3) is 0.357. The summed E-state index contributed by atoms with van der Waals surface area (Å²) in [6.45, 7) is 1.92. The van der Waals surface area contributed by atoms with Crippen LogP contribution in [0, 0.1) is 0 Å². The summed E-state index contributed by atoms with van der Waals surface area (Å²) >= 11 is 0. The summed E-state index contributed by atoms with van der Waals surface area (Å²) in [5.74, 6) is -0.384. The molecule has 108 valence electrons. The van der Waals surface area contributed by atoms with Crippen LogP contribution in [0.1, 0.15) is 18.1 Å². The number of amides is 1. The number of carbonyl (C=O) groups excluding carboxylic acids is 1. The molecule has 1 aromatic carbocycles. The quantitative estimate of drug-likeness (QED) is 0.847. The van der Waals surface area contributed by atoms with Crippen molar-refractivity contribution in [2.24, 2.45) is 0 Å². The number of likely N-dealkylation sites (tertiary alicyclic amines) is 1. The Morgan fingerprint density at radius 1 is 1.35 bits per heavy atom. The van der Waals surface area contributed by atoms with Gasteiger partial charge in [-0.05, 0) is 24.1 Å². The molecule has 1 N–H and O–H groups in total. The van der Waals surface area contributed by atoms with Gasteiger partial charge in [-0.25, -0.2) is 0 Å². The fourth-order valence-corrected chi connectivity index (χ4v) is 2.06. The van der Waals surface area contributed by atoms with E-state index in [9.17, 15) is 18.0 Å². The summed E-state index contributed by atoms with van der Waals surface area (Å²) in [6.07, 6.45) is -3.81. The molecule has 1 aliphatic rings. The number of hydrogen-bond acceptors (Lipinski definition) is 2. The first-order valence-corrected chi connectivity index (χ1v) is 6.11. The molecule has 0 saturated carbocycles. The van der Waals surface area contributed by atoms with Gasteiger partial charge in [0, 0.05) is 19.2 Å². The van der Waals surface area contributed by atoms with Crippen LogP contribution in [-0.4, -0.2) is 35.1 Å². The van der Waals surface area contributed by atoms with Gasteiger partial charge < -0.3 is 10.0 Å². The minimum atomic E-state index is -4.46. The lowest BCUT2D eigenvalue weighted by molar-refractivity contribution is -0.138. The SMILES string of the molecule is C/C(=C/C(=O)N1CC(O)C1)c1ccccc1C(F)(F)F. The second kappa shape index (κ2) is 5.28. The van der Waals surface area contributed by atoms with E-state index in [-0.39, 0.29) is 30.1 Å². The van der Waals surface area contributed by atoms with Gasteiger partial charge in [0.05, 0.1) is 11.7 Å². The molecule has 0 unspecified atom stereocenters. The maximum absolute atomic E-state index is 12.9. The average molecular weight is 285 g/mol. The smallest absolute Gasteiger partial charge is 0.389 e. The number of alkyl halides is 3. The largest absolute Gasteiger partial charge is 0.416 e. The maximum atomic E-state index is 12.9. The van der Waals surface area contributed by atoms with Gasteiger partial charge in [0.2, 0.25) is 5.91 Å². The monoisotopic (exact) mass is 285 g/mol. The lowest BCUT2D eigenvalue weighted by Gasteiger charge is -2.35. The van der Waals surface area contributed by atoms with E-state index >= 15 is 0 Å². The van der Waals surface area contributed by atoms with Crippen molar-refractivity contribution in [3.63, 3.8) is 0 Å². The van der Waals surface area contributed by atoms with Crippen LogP contribution in [0.2, 0.25) is 0 Å². The number of allylic oxidation sites excluding steroid dienone is 1. The van der Waals surface area contributed by atoms with Gasteiger partial charge >= 0.3 is 6.18 Å². The third-order valence-corrected chi connectivity index (χ3v) is 3.17. The van der Waals surface area contributed by atoms with Crippen LogP contribution in [0.4, 0.5) is 13.2 Å². The Hall–Kier alpha value is -1.82. The van der Waals surface area contributed by atoms with Crippen LogP contribution < -0.4 is 0 Å². The minimum absolute atomic E-state index is 0.00516. The van der Waals surface area contributed by atoms with Crippen LogP contribution in [0.25, 0.3) is 5.57 Å². The third-order valence-electron chi connectivity index (χ3n) is 3.17. The van der Waals surface area contributed by atoms with E-state index in [1.165, 1.54) is 36.1 Å². The Kier molecular flexibility index (Phi) is 3.85. The lowest BCUT2D eigenvalue weighted by Crippen LogP contribution is -2.53. The molecular weight excluding hydrogens is 271 g/mol. The molecule has 6 heteroatoms. The van der Waals surface area contributed by atoms with Crippen LogP contribution in [0.15, 0.2) is 30.3 Å². The van der Waals surface area contributed by atoms with Gasteiger partial charge in [0.25, 0.3) is 0 Å². The number of nitrogens with zero attached hydrogens (tertiary/aromatic N) is 1. The van der Waals surface area contributed by atoms with E-state index in [2.05, 4.69) is 0 Å². The number of benzene rings is 1. The first-order valence-electron chi connectivity index (χ1n) is 6.11. The van der Waals surface area contributed by atoms with E-state index < -0.39 is 17.8 Å². The van der Waals surface area contributed by atoms with Crippen molar-refractivity contribution in [2.45, 2.75) is 19.2 Å². The number of hydrogen-bond donors (Lipinski definition) is 1. The lowest BCUT2D eigenvalue weighted by atomic mass is 9.99. The van der Waals surface area contributed by atoms with Gasteiger partial charge in [0.15, 0.2) is 0 Å². The molecule has 3 nitrogen and oxygen atoms in total. The number of carbonyl (C=O) groups is 1. The van der Waals surface area contributed by atoms with Gasteiger partial charge in [-0.3, -0.25) is 4.79 Å². The van der Waals surface area contributed by atoms with Crippen molar-refractivity contribution < 1.29 is 23.1 Å². The zero-order chi connectivity index (χ0) is 14.9. The van der Waals surface area contributed by atoms with E-state index in [4.69, 9.17) is 5.11 Å². The van der Waals surface area contributed by atoms with E-state index in [0.717, 1.165) is 6.07 Å². The molecule has 20 heavy (non-hydrogen) atoms. The molecule has 0 radical (unpaired) electrons. The Labute approximate surface area is 114 Å². The van der Waals surface area contributed by atoms with Gasteiger partial charge in [-0.2, -0.15) is 13.2 Å². The number of β-amino-alcohol motifs (C(OH)–C–C–N with tert-alkyl or cyclic N) is 1. The van der Waals surface area contributed by atoms with Crippen LogP contribution >= 0.6 is 0 Å². The van der Waals surface area contributed by atoms with Crippen molar-refractivity contribution >= 4 is 11.5 Å². The number of aliphatic hydroxyl groups is 1. The predicted octanol–water partition coefficient (Wildman–Crippen LogP) is 2.31. The highest BCUT2D eigenvalue weighted by Gasteiger charge is 2.33. The summed E-state index contributed by atoms with van der Waals surface area (Å²) in [4.78, 5) is 13.2. The molecule has 1 amide bonds. The van der Waals surface area contributed by atoms with Crippen molar-refractivity contribution in [1.29, 1.82) is 0 Å². The normalized spacial score (nSPS) is 17.1. The average Bonchev–Trinajstić information content (AvgIpc) is 2.33. The standard InChI is InChI=1S/C14H14F3NO2/c1-9(6-13(20)18-7-10(19)8-18)11-4-2-3-5-12(11)14(15,16)17/h2-6,10,19H,7-8H2,1H3/b9-6-. The molecule has 0 spiro atoms. The number of rotatable bonds is 2. The first kappa shape index (κ1) is 14.6. The molecule has 0 aliphatic carbocycles. The van der Waals surface area contributed by atoms with E-state index in [0.29, 0.717) is 0 Å². The van der Waals surface area contributed by atoms with Crippen molar-refractivity contribution in [2.75, 3.05) is 13.1 Å². The molecule has 1 aromatic rings. The highest BCUT2D eigenvalue weighted by Crippen LogP contribution is 2.34. The van der Waals surface area contributed by atoms with E-state index in [1.54, 1.807) is 0 Å². The molecule has 0 aromatic heterocycles. The Balaban J connectivity index is 2.25. The first-order chi connectivity index (χ1) is 9.29. The topological polar surface area (TPSA) is 40.5 Å². The number of halogens is 3. The summed E-state index contributed by atoms with van der Waals surface area (Å²) in [5.41, 5.74) is -0.510. The van der Waals surface area contributed by atoms with Crippen molar-refractivity contribution in [3.8, 4) is 0 Å². The molecule has 1 fully saturated rings. The molecule has 0 atom stereocenters. The molecule has 1 heterocycles. The van der Waals surface area contributed by atoms with E-state index in [1.807, 2.05) is 0 Å². The van der Waals surface area contributed by atoms with Crippen LogP contribution in [0.3, 0.4) is 0 Å². The zero-order valence-corrected chi connectivity index (χ0v) is 10.8. The number of aliphatic hydroxyl groups excluding tert-OH is 1. The summed E-state index contributed by atoms with van der Waals surface area (Å²) in [6, 6.07) is 5.14. The molecule has 2 rings (SSSR count). The minimum Gasteiger partial charge on any atom is -0.389 e. The second-order valence-electron chi connectivity index (χ2n) is 4.77. The highest BCUT2D eigenvalue weighted by atomic mass is 19.4. The predicted molar refractivity (Wildman–Crippen MR) is 67.7 cm³/mol. The van der Waals surface area contributed by atoms with Crippen LogP contribution in [0.5, 0.6) is 0 Å². The van der Waals surface area contributed by atoms with Gasteiger partial charge in [-0.1, -0.05) is 18.2 Å². The second-order valence-corrected chi connectivity index (χ2v) is 4.77. The van der Waals surface area contributed by atoms with Gasteiger partial charge in [0.1, 0.15) is 0 Å². The van der Waals surface area contributed by atoms with Crippen molar-refractivity contribution in [3.05, 3.63) is 41.5 Å². The third kappa shape index (κ3) is 3.01. The molecule has 1 saturated heterocycles. The zero-order valence-electron chi connectivity index (χ0n) is 10.8. The van der Waals surface area contributed by atoms with Crippen molar-refractivity contribution in [1.82, 2.24) is 4.90 Å². The Bertz CT molecular complexity index is 546. The summed E-state index contributed by atoms with van der Waals surface area (Å²) in [5, 5.41) is 9.11. The maximum Gasteiger partial charge on any atom is 0.416 e. The molecular formula is C14H14F3NO2. The molecule has 1 aliphatic heterocycles. The summed E-state index contributed by atoms with van der Waals surface area (Å²) in [7, 11) is 0. The Morgan fingerprint density at radius 2 is 1.95 bits per heavy atom. The summed E-state index contributed by atoms with van der Waals surface area (Å²) < 4.78 is 38.6.